The lowest BCUT2D eigenvalue weighted by Gasteiger charge is -2.10. The summed E-state index contributed by atoms with van der Waals surface area (Å²) in [7, 11) is 1.76. The molecule has 0 N–H and O–H groups in total. The van der Waals surface area contributed by atoms with E-state index in [2.05, 4.69) is 26.7 Å². The molecule has 0 unspecified atom stereocenters. The van der Waals surface area contributed by atoms with Gasteiger partial charge in [0.25, 0.3) is 5.56 Å². The van der Waals surface area contributed by atoms with Crippen molar-refractivity contribution in [1.29, 1.82) is 0 Å². The number of aromatic nitrogens is 4. The van der Waals surface area contributed by atoms with Gasteiger partial charge in [-0.15, -0.1) is 0 Å². The lowest BCUT2D eigenvalue weighted by Crippen LogP contribution is -2.20. The van der Waals surface area contributed by atoms with Crippen LogP contribution in [0.25, 0.3) is 10.9 Å². The number of rotatable bonds is 5. The summed E-state index contributed by atoms with van der Waals surface area (Å²) in [6, 6.07) is 17.7. The van der Waals surface area contributed by atoms with Gasteiger partial charge in [-0.05, 0) is 17.7 Å². The Hall–Kier alpha value is -2.86. The van der Waals surface area contributed by atoms with Gasteiger partial charge < -0.3 is 4.57 Å². The van der Waals surface area contributed by atoms with E-state index in [9.17, 15) is 4.79 Å². The molecule has 0 saturated heterocycles. The van der Waals surface area contributed by atoms with Crippen molar-refractivity contribution in [2.75, 3.05) is 0 Å². The monoisotopic (exact) mass is 362 g/mol. The van der Waals surface area contributed by atoms with Crippen LogP contribution in [0.4, 0.5) is 0 Å². The molecule has 0 aliphatic rings. The fourth-order valence-corrected chi connectivity index (χ4v) is 3.80. The summed E-state index contributed by atoms with van der Waals surface area (Å²) in [5, 5.41) is 1.34. The molecule has 5 nitrogen and oxygen atoms in total. The third-order valence-corrected chi connectivity index (χ3v) is 5.30. The van der Waals surface area contributed by atoms with Crippen LogP contribution in [0, 0.1) is 0 Å². The molecule has 6 heteroatoms. The maximum Gasteiger partial charge on any atom is 0.261 e. The van der Waals surface area contributed by atoms with Crippen LogP contribution in [0.2, 0.25) is 0 Å². The molecule has 2 aromatic heterocycles. The zero-order valence-corrected chi connectivity index (χ0v) is 15.2. The fourth-order valence-electron chi connectivity index (χ4n) is 2.86. The van der Waals surface area contributed by atoms with Crippen LogP contribution in [0.3, 0.4) is 0 Å². The average molecular weight is 362 g/mol. The van der Waals surface area contributed by atoms with Gasteiger partial charge in [0.2, 0.25) is 0 Å². The van der Waals surface area contributed by atoms with Crippen molar-refractivity contribution in [3.8, 4) is 0 Å². The van der Waals surface area contributed by atoms with E-state index in [0.717, 1.165) is 17.9 Å². The largest absolute Gasteiger partial charge is 0.330 e. The Balaban J connectivity index is 1.57. The quantitative estimate of drug-likeness (QED) is 0.403. The number of para-hydroxylation sites is 1. The van der Waals surface area contributed by atoms with Crippen molar-refractivity contribution < 1.29 is 0 Å². The zero-order chi connectivity index (χ0) is 17.9. The van der Waals surface area contributed by atoms with E-state index in [1.165, 1.54) is 17.3 Å². The molecule has 0 atom stereocenters. The van der Waals surface area contributed by atoms with Gasteiger partial charge in [-0.1, -0.05) is 54.2 Å². The first kappa shape index (κ1) is 16.6. The van der Waals surface area contributed by atoms with Crippen LogP contribution in [0.5, 0.6) is 0 Å². The van der Waals surface area contributed by atoms with Gasteiger partial charge in [0.05, 0.1) is 16.7 Å². The molecule has 0 amide bonds. The number of fused-ring (bicyclic) bond motifs is 1. The summed E-state index contributed by atoms with van der Waals surface area (Å²) >= 11 is 1.53. The lowest BCUT2D eigenvalue weighted by molar-refractivity contribution is 0.722. The van der Waals surface area contributed by atoms with Crippen LogP contribution in [0.1, 0.15) is 11.4 Å². The first-order valence-corrected chi connectivity index (χ1v) is 9.33. The first-order chi connectivity index (χ1) is 12.7. The van der Waals surface area contributed by atoms with Gasteiger partial charge in [0, 0.05) is 26.0 Å². The third kappa shape index (κ3) is 3.28. The normalized spacial score (nSPS) is 11.1. The Morgan fingerprint density at radius 3 is 2.65 bits per heavy atom. The van der Waals surface area contributed by atoms with Crippen molar-refractivity contribution in [3.05, 3.63) is 88.7 Å². The number of imidazole rings is 1. The van der Waals surface area contributed by atoms with E-state index < -0.39 is 0 Å². The second kappa shape index (κ2) is 7.17. The lowest BCUT2D eigenvalue weighted by atomic mass is 10.2. The molecule has 130 valence electrons. The van der Waals surface area contributed by atoms with Crippen LogP contribution >= 0.6 is 11.8 Å². The highest BCUT2D eigenvalue weighted by molar-refractivity contribution is 7.98. The van der Waals surface area contributed by atoms with Crippen LogP contribution in [0.15, 0.2) is 76.9 Å². The van der Waals surface area contributed by atoms with Crippen LogP contribution < -0.4 is 5.56 Å². The Morgan fingerprint density at radius 1 is 1.04 bits per heavy atom. The summed E-state index contributed by atoms with van der Waals surface area (Å²) in [6.07, 6.45) is 3.79. The molecular formula is C20H18N4OS. The summed E-state index contributed by atoms with van der Waals surface area (Å²) < 4.78 is 3.74. The molecule has 0 fully saturated rings. The van der Waals surface area contributed by atoms with Gasteiger partial charge in [-0.25, -0.2) is 9.97 Å². The van der Waals surface area contributed by atoms with E-state index in [0.29, 0.717) is 16.3 Å². The summed E-state index contributed by atoms with van der Waals surface area (Å²) in [5.41, 5.74) is 1.93. The second-order valence-electron chi connectivity index (χ2n) is 6.02. The minimum Gasteiger partial charge on any atom is -0.330 e. The van der Waals surface area contributed by atoms with Crippen LogP contribution in [-0.2, 0) is 19.3 Å². The van der Waals surface area contributed by atoms with Gasteiger partial charge in [0.15, 0.2) is 5.16 Å². The van der Waals surface area contributed by atoms with Crippen LogP contribution in [-0.4, -0.2) is 19.1 Å². The minimum atomic E-state index is -0.0225. The molecule has 0 saturated carbocycles. The van der Waals surface area contributed by atoms with E-state index in [1.54, 1.807) is 11.6 Å². The van der Waals surface area contributed by atoms with Crippen molar-refractivity contribution in [3.63, 3.8) is 0 Å². The molecule has 2 aromatic carbocycles. The number of hydrogen-bond donors (Lipinski definition) is 0. The molecule has 0 aliphatic carbocycles. The highest BCUT2D eigenvalue weighted by Crippen LogP contribution is 2.21. The highest BCUT2D eigenvalue weighted by atomic mass is 32.2. The molecule has 0 spiro atoms. The molecule has 2 heterocycles. The minimum absolute atomic E-state index is 0.0225. The predicted octanol–water partition coefficient (Wildman–Crippen LogP) is 3.47. The Bertz CT molecular complexity index is 1100. The van der Waals surface area contributed by atoms with Gasteiger partial charge in [0.1, 0.15) is 5.82 Å². The summed E-state index contributed by atoms with van der Waals surface area (Å²) in [5.74, 6) is 1.61. The summed E-state index contributed by atoms with van der Waals surface area (Å²) in [4.78, 5) is 21.6. The highest BCUT2D eigenvalue weighted by Gasteiger charge is 2.10. The molecule has 4 aromatic rings. The Morgan fingerprint density at radius 2 is 1.81 bits per heavy atom. The third-order valence-electron chi connectivity index (χ3n) is 4.27. The van der Waals surface area contributed by atoms with Crippen molar-refractivity contribution >= 4 is 22.7 Å². The standard InChI is InChI=1S/C20H18N4OS/c1-23-19(25)16-9-5-6-10-17(16)22-20(23)26-14-18-21-11-12-24(18)13-15-7-3-2-4-8-15/h2-12H,13-14H2,1H3. The van der Waals surface area contributed by atoms with Gasteiger partial charge in [-0.2, -0.15) is 0 Å². The maximum atomic E-state index is 12.5. The maximum absolute atomic E-state index is 12.5. The van der Waals surface area contributed by atoms with Gasteiger partial charge in [-0.3, -0.25) is 9.36 Å². The predicted molar refractivity (Wildman–Crippen MR) is 104 cm³/mol. The smallest absolute Gasteiger partial charge is 0.261 e. The van der Waals surface area contributed by atoms with E-state index >= 15 is 0 Å². The van der Waals surface area contributed by atoms with E-state index in [-0.39, 0.29) is 5.56 Å². The van der Waals surface area contributed by atoms with E-state index in [4.69, 9.17) is 0 Å². The molecule has 0 bridgehead atoms. The van der Waals surface area contributed by atoms with Crippen molar-refractivity contribution in [2.45, 2.75) is 17.5 Å². The first-order valence-electron chi connectivity index (χ1n) is 8.35. The number of benzene rings is 2. The Kier molecular flexibility index (Phi) is 4.58. The number of thioether (sulfide) groups is 1. The number of hydrogen-bond acceptors (Lipinski definition) is 4. The fraction of sp³-hybridized carbons (Fsp3) is 0.150. The molecule has 4 rings (SSSR count). The molecule has 0 radical (unpaired) electrons. The topological polar surface area (TPSA) is 52.7 Å². The SMILES string of the molecule is Cn1c(SCc2nccn2Cc2ccccc2)nc2ccccc2c1=O. The molecular weight excluding hydrogens is 344 g/mol. The van der Waals surface area contributed by atoms with Crippen molar-refractivity contribution in [1.82, 2.24) is 19.1 Å². The molecule has 26 heavy (non-hydrogen) atoms. The molecule has 0 aliphatic heterocycles. The number of nitrogens with zero attached hydrogens (tertiary/aromatic N) is 4. The van der Waals surface area contributed by atoms with E-state index in [1.807, 2.05) is 54.9 Å². The van der Waals surface area contributed by atoms with Gasteiger partial charge >= 0.3 is 0 Å². The Labute approximate surface area is 155 Å². The average Bonchev–Trinajstić information content (AvgIpc) is 3.11. The zero-order valence-electron chi connectivity index (χ0n) is 14.4. The summed E-state index contributed by atoms with van der Waals surface area (Å²) in [6.45, 7) is 0.779. The van der Waals surface area contributed by atoms with Crippen molar-refractivity contribution in [2.24, 2.45) is 7.05 Å². The second-order valence-corrected chi connectivity index (χ2v) is 6.96.